The number of fused-ring (bicyclic) bond motifs is 2. The van der Waals surface area contributed by atoms with Crippen LogP contribution in [0.15, 0.2) is 18.2 Å². The largest absolute Gasteiger partial charge is 0.444 e. The maximum Gasteiger partial charge on any atom is 0.410 e. The fraction of sp³-hybridized carbons (Fsp3) is 0.600. The molecular weight excluding hydrogens is 332 g/mol. The minimum Gasteiger partial charge on any atom is -0.444 e. The number of ether oxygens (including phenoxy) is 2. The number of amides is 1. The number of aliphatic hydroxyl groups is 1. The third-order valence-corrected chi connectivity index (χ3v) is 5.04. The van der Waals surface area contributed by atoms with Gasteiger partial charge in [0.2, 0.25) is 0 Å². The van der Waals surface area contributed by atoms with Crippen LogP contribution in [0.1, 0.15) is 50.3 Å². The Kier molecular flexibility index (Phi) is 4.72. The van der Waals surface area contributed by atoms with Crippen molar-refractivity contribution in [1.82, 2.24) is 4.90 Å². The highest BCUT2D eigenvalue weighted by molar-refractivity contribution is 5.69. The Morgan fingerprint density at radius 3 is 2.46 bits per heavy atom. The number of benzene rings is 1. The van der Waals surface area contributed by atoms with E-state index in [9.17, 15) is 9.90 Å². The van der Waals surface area contributed by atoms with Crippen LogP contribution < -0.4 is 0 Å². The fourth-order valence-electron chi connectivity index (χ4n) is 3.90. The van der Waals surface area contributed by atoms with Crippen molar-refractivity contribution in [1.29, 1.82) is 5.26 Å². The normalized spacial score (nSPS) is 28.4. The molecule has 2 fully saturated rings. The summed E-state index contributed by atoms with van der Waals surface area (Å²) in [5, 5.41) is 20.5. The van der Waals surface area contributed by atoms with E-state index in [0.717, 1.165) is 11.1 Å². The van der Waals surface area contributed by atoms with Crippen molar-refractivity contribution in [3.8, 4) is 6.07 Å². The predicted molar refractivity (Wildman–Crippen MR) is 95.5 cm³/mol. The van der Waals surface area contributed by atoms with E-state index in [-0.39, 0.29) is 18.2 Å². The molecule has 0 saturated carbocycles. The number of rotatable bonds is 1. The number of carbonyl (C=O) groups is 1. The van der Waals surface area contributed by atoms with Crippen LogP contribution in [0.2, 0.25) is 0 Å². The molecular formula is C20H26N2O4. The zero-order valence-corrected chi connectivity index (χ0v) is 15.8. The molecule has 6 heteroatoms. The number of piperidine rings is 1. The zero-order valence-electron chi connectivity index (χ0n) is 15.8. The van der Waals surface area contributed by atoms with Crippen LogP contribution in [0.4, 0.5) is 4.79 Å². The first kappa shape index (κ1) is 18.7. The van der Waals surface area contributed by atoms with E-state index in [1.165, 1.54) is 0 Å². The Morgan fingerprint density at radius 1 is 1.35 bits per heavy atom. The second-order valence-corrected chi connectivity index (χ2v) is 8.31. The molecule has 6 nitrogen and oxygen atoms in total. The Bertz CT molecular complexity index is 733. The molecule has 0 aromatic heterocycles. The summed E-state index contributed by atoms with van der Waals surface area (Å²) in [7, 11) is 0. The van der Waals surface area contributed by atoms with Gasteiger partial charge in [0, 0.05) is 12.8 Å². The lowest BCUT2D eigenvalue weighted by Gasteiger charge is -2.51. The fourth-order valence-corrected chi connectivity index (χ4v) is 3.90. The molecule has 2 aliphatic heterocycles. The number of aryl methyl sites for hydroxylation is 1. The van der Waals surface area contributed by atoms with E-state index in [2.05, 4.69) is 6.07 Å². The summed E-state index contributed by atoms with van der Waals surface area (Å²) in [5.74, 6) is 0. The minimum absolute atomic E-state index is 0.238. The maximum atomic E-state index is 12.6. The minimum atomic E-state index is -1.05. The SMILES string of the molecule is Cc1cc(C2(O)CC3COCC(C2)N3C(=O)OC(C)(C)C)ccc1C#N. The van der Waals surface area contributed by atoms with Gasteiger partial charge in [0.15, 0.2) is 0 Å². The van der Waals surface area contributed by atoms with Crippen LogP contribution in [0, 0.1) is 18.3 Å². The second kappa shape index (κ2) is 6.57. The smallest absolute Gasteiger partial charge is 0.410 e. The van der Waals surface area contributed by atoms with Gasteiger partial charge in [0.05, 0.1) is 42.5 Å². The molecule has 2 bridgehead atoms. The molecule has 0 aliphatic carbocycles. The van der Waals surface area contributed by atoms with Gasteiger partial charge in [-0.25, -0.2) is 4.79 Å². The lowest BCUT2D eigenvalue weighted by atomic mass is 9.76. The van der Waals surface area contributed by atoms with Gasteiger partial charge < -0.3 is 14.6 Å². The Balaban J connectivity index is 1.86. The summed E-state index contributed by atoms with van der Waals surface area (Å²) in [4.78, 5) is 14.4. The summed E-state index contributed by atoms with van der Waals surface area (Å²) in [6.07, 6.45) is 0.413. The number of hydrogen-bond acceptors (Lipinski definition) is 5. The molecule has 140 valence electrons. The van der Waals surface area contributed by atoms with Crippen molar-refractivity contribution in [3.63, 3.8) is 0 Å². The summed E-state index contributed by atoms with van der Waals surface area (Å²) >= 11 is 0. The number of hydrogen-bond donors (Lipinski definition) is 1. The van der Waals surface area contributed by atoms with E-state index in [1.807, 2.05) is 39.8 Å². The van der Waals surface area contributed by atoms with E-state index in [4.69, 9.17) is 14.7 Å². The van der Waals surface area contributed by atoms with Gasteiger partial charge >= 0.3 is 6.09 Å². The lowest BCUT2D eigenvalue weighted by molar-refractivity contribution is -0.141. The highest BCUT2D eigenvalue weighted by Crippen LogP contribution is 2.42. The first-order valence-corrected chi connectivity index (χ1v) is 8.96. The Morgan fingerprint density at radius 2 is 1.96 bits per heavy atom. The highest BCUT2D eigenvalue weighted by atomic mass is 16.6. The average molecular weight is 358 g/mol. The summed E-state index contributed by atoms with van der Waals surface area (Å²) in [6.45, 7) is 8.16. The van der Waals surface area contributed by atoms with E-state index >= 15 is 0 Å². The number of nitrogens with zero attached hydrogens (tertiary/aromatic N) is 2. The summed E-state index contributed by atoms with van der Waals surface area (Å²) in [5.41, 5.74) is 0.622. The molecule has 1 amide bonds. The van der Waals surface area contributed by atoms with Crippen LogP contribution in [0.25, 0.3) is 0 Å². The Labute approximate surface area is 154 Å². The first-order valence-electron chi connectivity index (χ1n) is 8.96. The van der Waals surface area contributed by atoms with Gasteiger partial charge in [-0.1, -0.05) is 12.1 Å². The van der Waals surface area contributed by atoms with Gasteiger partial charge in [-0.2, -0.15) is 5.26 Å². The van der Waals surface area contributed by atoms with Gasteiger partial charge in [0.25, 0.3) is 0 Å². The van der Waals surface area contributed by atoms with Crippen LogP contribution in [-0.4, -0.2) is 47.0 Å². The molecule has 1 N–H and O–H groups in total. The third kappa shape index (κ3) is 3.55. The quantitative estimate of drug-likeness (QED) is 0.835. The van der Waals surface area contributed by atoms with Crippen LogP contribution in [0.3, 0.4) is 0 Å². The first-order chi connectivity index (χ1) is 12.1. The van der Waals surface area contributed by atoms with E-state index in [1.54, 1.807) is 11.0 Å². The van der Waals surface area contributed by atoms with Crippen molar-refractivity contribution in [2.45, 2.75) is 63.8 Å². The van der Waals surface area contributed by atoms with Gasteiger partial charge in [-0.05, 0) is 44.9 Å². The third-order valence-electron chi connectivity index (χ3n) is 5.04. The molecule has 2 unspecified atom stereocenters. The predicted octanol–water partition coefficient (Wildman–Crippen LogP) is 2.85. The van der Waals surface area contributed by atoms with E-state index < -0.39 is 11.2 Å². The van der Waals surface area contributed by atoms with Crippen molar-refractivity contribution < 1.29 is 19.4 Å². The molecule has 2 atom stereocenters. The van der Waals surface area contributed by atoms with Crippen molar-refractivity contribution in [3.05, 3.63) is 34.9 Å². The summed E-state index contributed by atoms with van der Waals surface area (Å²) < 4.78 is 11.2. The average Bonchev–Trinajstić information content (AvgIpc) is 2.52. The maximum absolute atomic E-state index is 12.6. The molecule has 1 aromatic carbocycles. The number of carbonyl (C=O) groups excluding carboxylic acids is 1. The van der Waals surface area contributed by atoms with Crippen molar-refractivity contribution >= 4 is 6.09 Å². The molecule has 1 aromatic rings. The van der Waals surface area contributed by atoms with Gasteiger partial charge in [-0.3, -0.25) is 4.90 Å². The second-order valence-electron chi connectivity index (χ2n) is 8.31. The molecule has 26 heavy (non-hydrogen) atoms. The standard InChI is InChI=1S/C20H26N2O4/c1-13-7-15(6-5-14(13)10-21)20(24)8-16-11-25-12-17(9-20)22(16)18(23)26-19(2,3)4/h5-7,16-17,24H,8-9,11-12H2,1-4H3. The van der Waals surface area contributed by atoms with Crippen molar-refractivity contribution in [2.24, 2.45) is 0 Å². The molecule has 0 spiro atoms. The summed E-state index contributed by atoms with van der Waals surface area (Å²) in [6, 6.07) is 7.10. The molecule has 0 radical (unpaired) electrons. The molecule has 2 aliphatic rings. The van der Waals surface area contributed by atoms with Crippen LogP contribution >= 0.6 is 0 Å². The van der Waals surface area contributed by atoms with Crippen molar-refractivity contribution in [2.75, 3.05) is 13.2 Å². The number of morpholine rings is 1. The molecule has 2 saturated heterocycles. The lowest BCUT2D eigenvalue weighted by Crippen LogP contribution is -2.63. The molecule has 2 heterocycles. The topological polar surface area (TPSA) is 82.8 Å². The van der Waals surface area contributed by atoms with Crippen LogP contribution in [-0.2, 0) is 15.1 Å². The van der Waals surface area contributed by atoms with Gasteiger partial charge in [0.1, 0.15) is 5.60 Å². The zero-order chi connectivity index (χ0) is 19.1. The monoisotopic (exact) mass is 358 g/mol. The Hall–Kier alpha value is -2.10. The van der Waals surface area contributed by atoms with Gasteiger partial charge in [-0.15, -0.1) is 0 Å². The molecule has 3 rings (SSSR count). The van der Waals surface area contributed by atoms with E-state index in [0.29, 0.717) is 31.6 Å². The highest BCUT2D eigenvalue weighted by Gasteiger charge is 2.49. The van der Waals surface area contributed by atoms with Crippen LogP contribution in [0.5, 0.6) is 0 Å². The number of nitriles is 1.